The molecule has 0 heterocycles. The zero-order valence-corrected chi connectivity index (χ0v) is 14.8. The molecule has 0 fully saturated rings. The van der Waals surface area contributed by atoms with Gasteiger partial charge in [0.05, 0.1) is 46.2 Å². The quantitative estimate of drug-likeness (QED) is 0.388. The Hall–Kier alpha value is -1.22. The standard InChI is InChI=1S/C16H31NO7/c1-3-15(18)17(2)6-8-22-10-12-24-14-13-23-11-9-21-7-4-5-16(19)20/h3-14H2,1-2H3,(H,19,20). The van der Waals surface area contributed by atoms with Crippen molar-refractivity contribution in [2.75, 3.05) is 66.4 Å². The fraction of sp³-hybridized carbons (Fsp3) is 0.875. The molecule has 24 heavy (non-hydrogen) atoms. The van der Waals surface area contributed by atoms with Crippen LogP contribution in [0.2, 0.25) is 0 Å². The van der Waals surface area contributed by atoms with Crippen molar-refractivity contribution in [2.24, 2.45) is 0 Å². The maximum atomic E-state index is 11.3. The van der Waals surface area contributed by atoms with E-state index >= 15 is 0 Å². The number of hydrogen-bond acceptors (Lipinski definition) is 6. The summed E-state index contributed by atoms with van der Waals surface area (Å²) in [4.78, 5) is 23.2. The Morgan fingerprint density at radius 1 is 0.833 bits per heavy atom. The largest absolute Gasteiger partial charge is 0.481 e. The van der Waals surface area contributed by atoms with Crippen molar-refractivity contribution in [2.45, 2.75) is 26.2 Å². The van der Waals surface area contributed by atoms with Crippen LogP contribution in [0.25, 0.3) is 0 Å². The number of amides is 1. The van der Waals surface area contributed by atoms with Gasteiger partial charge in [0, 0.05) is 33.0 Å². The molecule has 1 N–H and O–H groups in total. The molecule has 0 aliphatic rings. The topological polar surface area (TPSA) is 94.5 Å². The third-order valence-electron chi connectivity index (χ3n) is 3.09. The van der Waals surface area contributed by atoms with Crippen molar-refractivity contribution in [3.63, 3.8) is 0 Å². The molecule has 0 aromatic carbocycles. The van der Waals surface area contributed by atoms with E-state index in [0.29, 0.717) is 72.2 Å². The summed E-state index contributed by atoms with van der Waals surface area (Å²) in [5.41, 5.74) is 0. The minimum atomic E-state index is -0.808. The highest BCUT2D eigenvalue weighted by atomic mass is 16.6. The van der Waals surface area contributed by atoms with Crippen LogP contribution in [0.4, 0.5) is 0 Å². The zero-order valence-electron chi connectivity index (χ0n) is 14.8. The third kappa shape index (κ3) is 15.7. The van der Waals surface area contributed by atoms with E-state index < -0.39 is 5.97 Å². The first-order valence-corrected chi connectivity index (χ1v) is 8.34. The number of likely N-dealkylation sites (N-methyl/N-ethyl adjacent to an activating group) is 1. The number of hydrogen-bond donors (Lipinski definition) is 1. The van der Waals surface area contributed by atoms with E-state index in [9.17, 15) is 9.59 Å². The second-order valence-electron chi connectivity index (χ2n) is 5.12. The number of aliphatic carboxylic acids is 1. The second-order valence-corrected chi connectivity index (χ2v) is 5.12. The minimum Gasteiger partial charge on any atom is -0.481 e. The van der Waals surface area contributed by atoms with E-state index in [2.05, 4.69) is 0 Å². The van der Waals surface area contributed by atoms with Gasteiger partial charge in [0.1, 0.15) is 0 Å². The van der Waals surface area contributed by atoms with Gasteiger partial charge in [-0.2, -0.15) is 0 Å². The van der Waals surface area contributed by atoms with Crippen molar-refractivity contribution in [1.29, 1.82) is 0 Å². The first-order chi connectivity index (χ1) is 11.6. The van der Waals surface area contributed by atoms with Crippen LogP contribution in [-0.2, 0) is 28.5 Å². The van der Waals surface area contributed by atoms with Gasteiger partial charge in [-0.25, -0.2) is 0 Å². The maximum absolute atomic E-state index is 11.3. The molecular formula is C16H31NO7. The Bertz CT molecular complexity index is 326. The predicted molar refractivity (Wildman–Crippen MR) is 88.1 cm³/mol. The molecule has 142 valence electrons. The smallest absolute Gasteiger partial charge is 0.303 e. The van der Waals surface area contributed by atoms with Crippen LogP contribution in [0.5, 0.6) is 0 Å². The summed E-state index contributed by atoms with van der Waals surface area (Å²) in [7, 11) is 1.76. The van der Waals surface area contributed by atoms with Crippen LogP contribution >= 0.6 is 0 Å². The molecule has 0 bridgehead atoms. The molecule has 8 nitrogen and oxygen atoms in total. The molecule has 0 saturated heterocycles. The van der Waals surface area contributed by atoms with Crippen molar-refractivity contribution >= 4 is 11.9 Å². The molecule has 0 radical (unpaired) electrons. The number of ether oxygens (including phenoxy) is 4. The van der Waals surface area contributed by atoms with Crippen molar-refractivity contribution < 1.29 is 33.6 Å². The van der Waals surface area contributed by atoms with Gasteiger partial charge in [-0.15, -0.1) is 0 Å². The Labute approximate surface area is 144 Å². The Morgan fingerprint density at radius 2 is 1.29 bits per heavy atom. The molecule has 0 spiro atoms. The normalized spacial score (nSPS) is 10.8. The summed E-state index contributed by atoms with van der Waals surface area (Å²) in [6, 6.07) is 0. The van der Waals surface area contributed by atoms with Gasteiger partial charge in [-0.3, -0.25) is 9.59 Å². The van der Waals surface area contributed by atoms with E-state index in [0.717, 1.165) is 0 Å². The molecule has 1 amide bonds. The number of carboxylic acid groups (broad SMARTS) is 1. The minimum absolute atomic E-state index is 0.109. The molecule has 0 aliphatic heterocycles. The number of carbonyl (C=O) groups is 2. The fourth-order valence-corrected chi connectivity index (χ4v) is 1.68. The average Bonchev–Trinajstić information content (AvgIpc) is 2.57. The lowest BCUT2D eigenvalue weighted by atomic mass is 10.3. The lowest BCUT2D eigenvalue weighted by molar-refractivity contribution is -0.137. The monoisotopic (exact) mass is 349 g/mol. The molecule has 0 atom stereocenters. The van der Waals surface area contributed by atoms with Crippen LogP contribution < -0.4 is 0 Å². The Morgan fingerprint density at radius 3 is 1.75 bits per heavy atom. The third-order valence-corrected chi connectivity index (χ3v) is 3.09. The highest BCUT2D eigenvalue weighted by Gasteiger charge is 2.04. The van der Waals surface area contributed by atoms with Gasteiger partial charge < -0.3 is 29.0 Å². The van der Waals surface area contributed by atoms with E-state index in [1.165, 1.54) is 0 Å². The Kier molecular flexibility index (Phi) is 15.8. The van der Waals surface area contributed by atoms with E-state index in [1.807, 2.05) is 6.92 Å². The number of carbonyl (C=O) groups excluding carboxylic acids is 1. The second kappa shape index (κ2) is 16.6. The van der Waals surface area contributed by atoms with Crippen LogP contribution in [0.15, 0.2) is 0 Å². The van der Waals surface area contributed by atoms with Crippen LogP contribution in [0, 0.1) is 0 Å². The Balaban J connectivity index is 3.13. The lowest BCUT2D eigenvalue weighted by Crippen LogP contribution is -2.29. The molecule has 8 heteroatoms. The van der Waals surface area contributed by atoms with Crippen LogP contribution in [0.3, 0.4) is 0 Å². The first kappa shape index (κ1) is 22.8. The first-order valence-electron chi connectivity index (χ1n) is 8.34. The highest BCUT2D eigenvalue weighted by molar-refractivity contribution is 5.75. The molecule has 0 unspecified atom stereocenters. The van der Waals surface area contributed by atoms with Gasteiger partial charge in [0.25, 0.3) is 0 Å². The zero-order chi connectivity index (χ0) is 18.0. The van der Waals surface area contributed by atoms with Gasteiger partial charge in [-0.05, 0) is 6.42 Å². The molecule has 0 saturated carbocycles. The number of rotatable bonds is 17. The van der Waals surface area contributed by atoms with Gasteiger partial charge >= 0.3 is 5.97 Å². The average molecular weight is 349 g/mol. The number of carboxylic acids is 1. The summed E-state index contributed by atoms with van der Waals surface area (Å²) in [5, 5.41) is 8.44. The molecule has 0 rings (SSSR count). The van der Waals surface area contributed by atoms with Crippen molar-refractivity contribution in [3.05, 3.63) is 0 Å². The van der Waals surface area contributed by atoms with Crippen LogP contribution in [-0.4, -0.2) is 88.3 Å². The highest BCUT2D eigenvalue weighted by Crippen LogP contribution is 1.91. The maximum Gasteiger partial charge on any atom is 0.303 e. The molecule has 0 aromatic rings. The van der Waals surface area contributed by atoms with Gasteiger partial charge in [0.2, 0.25) is 5.91 Å². The van der Waals surface area contributed by atoms with E-state index in [1.54, 1.807) is 11.9 Å². The molecular weight excluding hydrogens is 318 g/mol. The van der Waals surface area contributed by atoms with Crippen molar-refractivity contribution in [1.82, 2.24) is 4.90 Å². The van der Waals surface area contributed by atoms with Gasteiger partial charge in [0.15, 0.2) is 0 Å². The summed E-state index contributed by atoms with van der Waals surface area (Å²) in [6.07, 6.45) is 1.15. The predicted octanol–water partition coefficient (Wildman–Crippen LogP) is 0.786. The molecule has 0 aliphatic carbocycles. The van der Waals surface area contributed by atoms with Gasteiger partial charge in [-0.1, -0.05) is 6.92 Å². The fourth-order valence-electron chi connectivity index (χ4n) is 1.68. The summed E-state index contributed by atoms with van der Waals surface area (Å²) in [5.74, 6) is -0.699. The SMILES string of the molecule is CCC(=O)N(C)CCOCCOCCOCCOCCCC(=O)O. The number of nitrogens with zero attached hydrogens (tertiary/aromatic N) is 1. The summed E-state index contributed by atoms with van der Waals surface area (Å²) < 4.78 is 21.3. The molecule has 0 aromatic heterocycles. The van der Waals surface area contributed by atoms with Crippen LogP contribution in [0.1, 0.15) is 26.2 Å². The van der Waals surface area contributed by atoms with E-state index in [-0.39, 0.29) is 12.3 Å². The summed E-state index contributed by atoms with van der Waals surface area (Å²) in [6.45, 7) is 6.20. The van der Waals surface area contributed by atoms with E-state index in [4.69, 9.17) is 24.1 Å². The van der Waals surface area contributed by atoms with Crippen molar-refractivity contribution in [3.8, 4) is 0 Å². The summed E-state index contributed by atoms with van der Waals surface area (Å²) >= 11 is 0. The lowest BCUT2D eigenvalue weighted by Gasteiger charge is -2.16.